The Hall–Kier alpha value is -2.64. The minimum absolute atomic E-state index is 0.111. The van der Waals surface area contributed by atoms with Gasteiger partial charge in [-0.2, -0.15) is 0 Å². The van der Waals surface area contributed by atoms with Gasteiger partial charge in [0.05, 0.1) is 23.0 Å². The molecule has 0 fully saturated rings. The van der Waals surface area contributed by atoms with Crippen molar-refractivity contribution in [3.05, 3.63) is 66.6 Å². The zero-order chi connectivity index (χ0) is 19.4. The van der Waals surface area contributed by atoms with E-state index in [0.29, 0.717) is 0 Å². The Morgan fingerprint density at radius 3 is 2.48 bits per heavy atom. The van der Waals surface area contributed by atoms with Gasteiger partial charge in [0.1, 0.15) is 0 Å². The van der Waals surface area contributed by atoms with Crippen LogP contribution in [-0.4, -0.2) is 25.0 Å². The number of nitrogens with one attached hydrogen (secondary N) is 2. The van der Waals surface area contributed by atoms with Gasteiger partial charge in [-0.15, -0.1) is 0 Å². The highest BCUT2D eigenvalue weighted by molar-refractivity contribution is 7.89. The summed E-state index contributed by atoms with van der Waals surface area (Å²) in [5.74, 6) is 0. The SMILES string of the molecule is CCC(Nc1ccc(S(=O)(=O)NC)cc1-c1cn(C)cn1)c1ccccc1. The molecular weight excluding hydrogens is 360 g/mol. The number of aryl methyl sites for hydroxylation is 1. The van der Waals surface area contributed by atoms with E-state index in [1.807, 2.05) is 36.0 Å². The van der Waals surface area contributed by atoms with Gasteiger partial charge in [0, 0.05) is 24.5 Å². The summed E-state index contributed by atoms with van der Waals surface area (Å²) in [5.41, 5.74) is 3.50. The lowest BCUT2D eigenvalue weighted by molar-refractivity contribution is 0.588. The molecule has 27 heavy (non-hydrogen) atoms. The molecule has 0 radical (unpaired) electrons. The summed E-state index contributed by atoms with van der Waals surface area (Å²) in [6.07, 6.45) is 4.47. The van der Waals surface area contributed by atoms with E-state index in [1.165, 1.54) is 12.6 Å². The summed E-state index contributed by atoms with van der Waals surface area (Å²) in [4.78, 5) is 4.62. The van der Waals surface area contributed by atoms with Crippen molar-refractivity contribution in [2.45, 2.75) is 24.3 Å². The fourth-order valence-electron chi connectivity index (χ4n) is 2.99. The van der Waals surface area contributed by atoms with Crippen LogP contribution < -0.4 is 10.0 Å². The number of hydrogen-bond acceptors (Lipinski definition) is 4. The Morgan fingerprint density at radius 1 is 1.15 bits per heavy atom. The van der Waals surface area contributed by atoms with Crippen molar-refractivity contribution in [1.82, 2.24) is 14.3 Å². The number of benzene rings is 2. The van der Waals surface area contributed by atoms with Gasteiger partial charge in [-0.3, -0.25) is 0 Å². The monoisotopic (exact) mass is 384 g/mol. The zero-order valence-corrected chi connectivity index (χ0v) is 16.5. The Labute approximate surface area is 160 Å². The molecule has 1 atom stereocenters. The highest BCUT2D eigenvalue weighted by atomic mass is 32.2. The molecule has 0 aliphatic rings. The third-order valence-corrected chi connectivity index (χ3v) is 5.90. The van der Waals surface area contributed by atoms with Crippen LogP contribution in [0.4, 0.5) is 5.69 Å². The second-order valence-corrected chi connectivity index (χ2v) is 8.24. The average Bonchev–Trinajstić information content (AvgIpc) is 3.13. The maximum atomic E-state index is 12.2. The van der Waals surface area contributed by atoms with Crippen LogP contribution in [0.2, 0.25) is 0 Å². The molecule has 1 aromatic heterocycles. The highest BCUT2D eigenvalue weighted by Crippen LogP contribution is 2.33. The van der Waals surface area contributed by atoms with Gasteiger partial charge in [-0.1, -0.05) is 37.3 Å². The lowest BCUT2D eigenvalue weighted by atomic mass is 10.0. The molecule has 0 saturated heterocycles. The number of nitrogens with zero attached hydrogens (tertiary/aromatic N) is 2. The first-order chi connectivity index (χ1) is 12.9. The molecule has 0 aliphatic heterocycles. The Bertz CT molecular complexity index is 1010. The predicted octanol–water partition coefficient (Wildman–Crippen LogP) is 3.56. The number of anilines is 1. The van der Waals surface area contributed by atoms with E-state index in [0.717, 1.165) is 23.4 Å². The molecule has 0 amide bonds. The molecule has 1 unspecified atom stereocenters. The van der Waals surface area contributed by atoms with Crippen LogP contribution in [0.25, 0.3) is 11.3 Å². The number of hydrogen-bond donors (Lipinski definition) is 2. The smallest absolute Gasteiger partial charge is 0.240 e. The molecule has 3 aromatic rings. The molecule has 6 nitrogen and oxygen atoms in total. The van der Waals surface area contributed by atoms with Crippen molar-refractivity contribution >= 4 is 15.7 Å². The van der Waals surface area contributed by atoms with E-state index >= 15 is 0 Å². The van der Waals surface area contributed by atoms with Gasteiger partial charge in [0.2, 0.25) is 10.0 Å². The van der Waals surface area contributed by atoms with Crippen LogP contribution in [0.1, 0.15) is 24.9 Å². The van der Waals surface area contributed by atoms with Crippen molar-refractivity contribution in [2.24, 2.45) is 7.05 Å². The summed E-state index contributed by atoms with van der Waals surface area (Å²) in [6.45, 7) is 2.12. The van der Waals surface area contributed by atoms with Crippen LogP contribution in [-0.2, 0) is 17.1 Å². The van der Waals surface area contributed by atoms with Crippen molar-refractivity contribution < 1.29 is 8.42 Å². The quantitative estimate of drug-likeness (QED) is 0.653. The van der Waals surface area contributed by atoms with Crippen molar-refractivity contribution in [2.75, 3.05) is 12.4 Å². The average molecular weight is 385 g/mol. The van der Waals surface area contributed by atoms with Crippen molar-refractivity contribution in [1.29, 1.82) is 0 Å². The number of aromatic nitrogens is 2. The van der Waals surface area contributed by atoms with Gasteiger partial charge >= 0.3 is 0 Å². The first-order valence-electron chi connectivity index (χ1n) is 8.82. The largest absolute Gasteiger partial charge is 0.378 e. The van der Waals surface area contributed by atoms with Crippen molar-refractivity contribution in [3.8, 4) is 11.3 Å². The molecule has 0 spiro atoms. The number of rotatable bonds is 7. The van der Waals surface area contributed by atoms with Crippen molar-refractivity contribution in [3.63, 3.8) is 0 Å². The maximum absolute atomic E-state index is 12.2. The van der Waals surface area contributed by atoms with Gasteiger partial charge in [0.15, 0.2) is 0 Å². The van der Waals surface area contributed by atoms with Crippen LogP contribution >= 0.6 is 0 Å². The molecule has 2 N–H and O–H groups in total. The molecule has 0 bridgehead atoms. The van der Waals surface area contributed by atoms with E-state index in [2.05, 4.69) is 34.1 Å². The maximum Gasteiger partial charge on any atom is 0.240 e. The minimum Gasteiger partial charge on any atom is -0.378 e. The van der Waals surface area contributed by atoms with Gasteiger partial charge in [0.25, 0.3) is 0 Å². The molecule has 1 heterocycles. The Balaban J connectivity index is 2.06. The lowest BCUT2D eigenvalue weighted by Crippen LogP contribution is -2.19. The summed E-state index contributed by atoms with van der Waals surface area (Å²) < 4.78 is 28.7. The molecule has 0 saturated carbocycles. The second kappa shape index (κ2) is 7.94. The Kier molecular flexibility index (Phi) is 5.62. The Morgan fingerprint density at radius 2 is 1.89 bits per heavy atom. The molecule has 2 aromatic carbocycles. The molecule has 7 heteroatoms. The van der Waals surface area contributed by atoms with E-state index in [-0.39, 0.29) is 10.9 Å². The van der Waals surface area contributed by atoms with E-state index in [9.17, 15) is 8.42 Å². The summed E-state index contributed by atoms with van der Waals surface area (Å²) >= 11 is 0. The molecular formula is C20H24N4O2S. The third-order valence-electron chi connectivity index (χ3n) is 4.49. The normalized spacial score (nSPS) is 12.7. The fourth-order valence-corrected chi connectivity index (χ4v) is 3.75. The predicted molar refractivity (Wildman–Crippen MR) is 108 cm³/mol. The summed E-state index contributed by atoms with van der Waals surface area (Å²) in [7, 11) is -0.244. The summed E-state index contributed by atoms with van der Waals surface area (Å²) in [6, 6.07) is 15.4. The highest BCUT2D eigenvalue weighted by Gasteiger charge is 2.18. The second-order valence-electron chi connectivity index (χ2n) is 6.36. The third kappa shape index (κ3) is 4.20. The lowest BCUT2D eigenvalue weighted by Gasteiger charge is -2.21. The minimum atomic E-state index is -3.54. The first kappa shape index (κ1) is 19.1. The van der Waals surface area contributed by atoms with Crippen LogP contribution in [0, 0.1) is 0 Å². The van der Waals surface area contributed by atoms with E-state index in [1.54, 1.807) is 24.5 Å². The van der Waals surface area contributed by atoms with E-state index in [4.69, 9.17) is 0 Å². The summed E-state index contributed by atoms with van der Waals surface area (Å²) in [5, 5.41) is 3.55. The molecule has 0 aliphatic carbocycles. The molecule has 142 valence electrons. The van der Waals surface area contributed by atoms with Gasteiger partial charge < -0.3 is 9.88 Å². The zero-order valence-electron chi connectivity index (χ0n) is 15.7. The van der Waals surface area contributed by atoms with Crippen LogP contribution in [0.15, 0.2) is 66.0 Å². The van der Waals surface area contributed by atoms with E-state index < -0.39 is 10.0 Å². The first-order valence-corrected chi connectivity index (χ1v) is 10.3. The van der Waals surface area contributed by atoms with Gasteiger partial charge in [-0.25, -0.2) is 18.1 Å². The van der Waals surface area contributed by atoms with Crippen LogP contribution in [0.5, 0.6) is 0 Å². The fraction of sp³-hybridized carbons (Fsp3) is 0.250. The van der Waals surface area contributed by atoms with Gasteiger partial charge in [-0.05, 0) is 37.2 Å². The number of imidazole rings is 1. The molecule has 3 rings (SSSR count). The standard InChI is InChI=1S/C20H24N4O2S/c1-4-18(15-8-6-5-7-9-15)23-19-11-10-16(27(25,26)21-2)12-17(19)20-13-24(3)14-22-20/h5-14,18,21,23H,4H2,1-3H3. The van der Waals surface area contributed by atoms with Crippen LogP contribution in [0.3, 0.4) is 0 Å². The topological polar surface area (TPSA) is 76.0 Å². The number of sulfonamides is 1.